The summed E-state index contributed by atoms with van der Waals surface area (Å²) in [4.78, 5) is 0. The van der Waals surface area contributed by atoms with Crippen LogP contribution < -0.4 is 9.47 Å². The van der Waals surface area contributed by atoms with Crippen molar-refractivity contribution in [3.63, 3.8) is 0 Å². The molecular formula is C12H12BrF3O2. The molecule has 1 aromatic carbocycles. The maximum Gasteiger partial charge on any atom is 0.573 e. The van der Waals surface area contributed by atoms with Crippen molar-refractivity contribution in [2.24, 2.45) is 0 Å². The first-order valence-electron chi connectivity index (χ1n) is 5.09. The SMILES string of the molecule is CC(C)=CCOc1cc(Br)cc(OC(F)(F)F)c1. The van der Waals surface area contributed by atoms with Gasteiger partial charge in [0.15, 0.2) is 0 Å². The minimum Gasteiger partial charge on any atom is -0.489 e. The number of benzene rings is 1. The fourth-order valence-electron chi connectivity index (χ4n) is 1.12. The fourth-order valence-corrected chi connectivity index (χ4v) is 1.57. The van der Waals surface area contributed by atoms with E-state index in [-0.39, 0.29) is 5.75 Å². The minimum atomic E-state index is -4.71. The van der Waals surface area contributed by atoms with Crippen LogP contribution in [0.3, 0.4) is 0 Å². The summed E-state index contributed by atoms with van der Waals surface area (Å²) >= 11 is 3.10. The quantitative estimate of drug-likeness (QED) is 0.748. The molecule has 1 rings (SSSR count). The van der Waals surface area contributed by atoms with Crippen LogP contribution in [0.2, 0.25) is 0 Å². The lowest BCUT2D eigenvalue weighted by atomic mass is 10.3. The molecule has 0 saturated heterocycles. The first kappa shape index (κ1) is 14.9. The van der Waals surface area contributed by atoms with E-state index in [4.69, 9.17) is 4.74 Å². The summed E-state index contributed by atoms with van der Waals surface area (Å²) in [7, 11) is 0. The van der Waals surface area contributed by atoms with Gasteiger partial charge in [-0.2, -0.15) is 0 Å². The van der Waals surface area contributed by atoms with Crippen LogP contribution in [0.5, 0.6) is 11.5 Å². The molecule has 0 spiro atoms. The Bertz CT molecular complexity index is 437. The molecule has 0 aliphatic carbocycles. The average molecular weight is 325 g/mol. The van der Waals surface area contributed by atoms with Gasteiger partial charge in [-0.25, -0.2) is 0 Å². The third-order valence-corrected chi connectivity index (χ3v) is 2.28. The van der Waals surface area contributed by atoms with Crippen molar-refractivity contribution in [2.75, 3.05) is 6.61 Å². The Morgan fingerprint density at radius 3 is 2.39 bits per heavy atom. The topological polar surface area (TPSA) is 18.5 Å². The van der Waals surface area contributed by atoms with Gasteiger partial charge in [-0.3, -0.25) is 0 Å². The fraction of sp³-hybridized carbons (Fsp3) is 0.333. The van der Waals surface area contributed by atoms with Crippen molar-refractivity contribution < 1.29 is 22.6 Å². The van der Waals surface area contributed by atoms with E-state index in [2.05, 4.69) is 20.7 Å². The number of hydrogen-bond acceptors (Lipinski definition) is 2. The highest BCUT2D eigenvalue weighted by Crippen LogP contribution is 2.30. The first-order valence-corrected chi connectivity index (χ1v) is 5.88. The molecule has 2 nitrogen and oxygen atoms in total. The summed E-state index contributed by atoms with van der Waals surface area (Å²) in [5, 5.41) is 0. The van der Waals surface area contributed by atoms with Crippen LogP contribution >= 0.6 is 15.9 Å². The summed E-state index contributed by atoms with van der Waals surface area (Å²) in [5.74, 6) is -0.00907. The molecule has 6 heteroatoms. The monoisotopic (exact) mass is 324 g/mol. The number of halogens is 4. The van der Waals surface area contributed by atoms with E-state index in [0.29, 0.717) is 16.8 Å². The van der Waals surface area contributed by atoms with Gasteiger partial charge in [-0.15, -0.1) is 13.2 Å². The van der Waals surface area contributed by atoms with Crippen LogP contribution in [0.25, 0.3) is 0 Å². The summed E-state index contributed by atoms with van der Waals surface area (Å²) in [5.41, 5.74) is 1.07. The molecule has 0 fully saturated rings. The molecule has 0 aliphatic rings. The Morgan fingerprint density at radius 2 is 1.83 bits per heavy atom. The molecule has 0 aliphatic heterocycles. The number of alkyl halides is 3. The summed E-state index contributed by atoms with van der Waals surface area (Å²) in [6.07, 6.45) is -2.89. The lowest BCUT2D eigenvalue weighted by Gasteiger charge is -2.11. The maximum absolute atomic E-state index is 12.1. The van der Waals surface area contributed by atoms with Crippen LogP contribution in [-0.2, 0) is 0 Å². The Kier molecular flexibility index (Phi) is 5.07. The Morgan fingerprint density at radius 1 is 1.22 bits per heavy atom. The Hall–Kier alpha value is -1.17. The van der Waals surface area contributed by atoms with Gasteiger partial charge >= 0.3 is 6.36 Å². The van der Waals surface area contributed by atoms with Crippen LogP contribution in [0.15, 0.2) is 34.3 Å². The largest absolute Gasteiger partial charge is 0.573 e. The summed E-state index contributed by atoms with van der Waals surface area (Å²) in [6, 6.07) is 3.99. The third-order valence-electron chi connectivity index (χ3n) is 1.82. The van der Waals surface area contributed by atoms with Gasteiger partial charge in [0.25, 0.3) is 0 Å². The van der Waals surface area contributed by atoms with Gasteiger partial charge in [-0.1, -0.05) is 21.5 Å². The number of hydrogen-bond donors (Lipinski definition) is 0. The Balaban J connectivity index is 2.78. The minimum absolute atomic E-state index is 0.296. The zero-order chi connectivity index (χ0) is 13.8. The zero-order valence-corrected chi connectivity index (χ0v) is 11.4. The van der Waals surface area contributed by atoms with Crippen LogP contribution in [-0.4, -0.2) is 13.0 Å². The molecular weight excluding hydrogens is 313 g/mol. The first-order chi connectivity index (χ1) is 8.26. The zero-order valence-electron chi connectivity index (χ0n) is 9.84. The lowest BCUT2D eigenvalue weighted by Crippen LogP contribution is -2.17. The van der Waals surface area contributed by atoms with E-state index < -0.39 is 6.36 Å². The van der Waals surface area contributed by atoms with E-state index in [1.54, 1.807) is 6.07 Å². The molecule has 0 bridgehead atoms. The molecule has 1 aromatic rings. The molecule has 18 heavy (non-hydrogen) atoms. The second-order valence-corrected chi connectivity index (χ2v) is 4.68. The number of allylic oxidation sites excluding steroid dienone is 1. The number of ether oxygens (including phenoxy) is 2. The van der Waals surface area contributed by atoms with Crippen molar-refractivity contribution >= 4 is 15.9 Å². The van der Waals surface area contributed by atoms with E-state index >= 15 is 0 Å². The van der Waals surface area contributed by atoms with E-state index in [0.717, 1.165) is 5.57 Å². The highest BCUT2D eigenvalue weighted by molar-refractivity contribution is 9.10. The lowest BCUT2D eigenvalue weighted by molar-refractivity contribution is -0.274. The predicted molar refractivity (Wildman–Crippen MR) is 65.8 cm³/mol. The molecule has 0 radical (unpaired) electrons. The smallest absolute Gasteiger partial charge is 0.489 e. The maximum atomic E-state index is 12.1. The predicted octanol–water partition coefficient (Wildman–Crippen LogP) is 4.69. The van der Waals surface area contributed by atoms with Crippen molar-refractivity contribution in [1.29, 1.82) is 0 Å². The highest BCUT2D eigenvalue weighted by atomic mass is 79.9. The molecule has 0 unspecified atom stereocenters. The normalized spacial score (nSPS) is 11.0. The molecule has 0 amide bonds. The second-order valence-electron chi connectivity index (χ2n) is 3.76. The van der Waals surface area contributed by atoms with Crippen molar-refractivity contribution in [1.82, 2.24) is 0 Å². The van der Waals surface area contributed by atoms with E-state index in [1.807, 2.05) is 19.9 Å². The third kappa shape index (κ3) is 5.95. The molecule has 0 heterocycles. The molecule has 0 atom stereocenters. The van der Waals surface area contributed by atoms with Gasteiger partial charge in [0, 0.05) is 10.5 Å². The van der Waals surface area contributed by atoms with Crippen molar-refractivity contribution in [3.8, 4) is 11.5 Å². The average Bonchev–Trinajstić information content (AvgIpc) is 2.12. The molecule has 0 saturated carbocycles. The summed E-state index contributed by atoms with van der Waals surface area (Å²) < 4.78 is 45.8. The van der Waals surface area contributed by atoms with Crippen LogP contribution in [0.4, 0.5) is 13.2 Å². The Labute approximate surface area is 112 Å². The molecule has 0 aromatic heterocycles. The van der Waals surface area contributed by atoms with Crippen molar-refractivity contribution in [2.45, 2.75) is 20.2 Å². The van der Waals surface area contributed by atoms with E-state index in [9.17, 15) is 13.2 Å². The highest BCUT2D eigenvalue weighted by Gasteiger charge is 2.31. The number of rotatable bonds is 4. The van der Waals surface area contributed by atoms with Gasteiger partial charge in [0.2, 0.25) is 0 Å². The molecule has 100 valence electrons. The molecule has 0 N–H and O–H groups in total. The van der Waals surface area contributed by atoms with Crippen molar-refractivity contribution in [3.05, 3.63) is 34.3 Å². The standard InChI is InChI=1S/C12H12BrF3O2/c1-8(2)3-4-17-10-5-9(13)6-11(7-10)18-12(14,15)16/h3,5-7H,4H2,1-2H3. The second kappa shape index (κ2) is 6.13. The van der Waals surface area contributed by atoms with Gasteiger partial charge < -0.3 is 9.47 Å². The van der Waals surface area contributed by atoms with Crippen LogP contribution in [0.1, 0.15) is 13.8 Å². The van der Waals surface area contributed by atoms with Gasteiger partial charge in [-0.05, 0) is 32.1 Å². The summed E-state index contributed by atoms with van der Waals surface area (Å²) in [6.45, 7) is 4.11. The van der Waals surface area contributed by atoms with Gasteiger partial charge in [0.1, 0.15) is 18.1 Å². The van der Waals surface area contributed by atoms with Gasteiger partial charge in [0.05, 0.1) is 0 Å². The van der Waals surface area contributed by atoms with E-state index in [1.165, 1.54) is 12.1 Å². The van der Waals surface area contributed by atoms with Crippen LogP contribution in [0, 0.1) is 0 Å².